The van der Waals surface area contributed by atoms with Crippen molar-refractivity contribution < 1.29 is 34.7 Å². The van der Waals surface area contributed by atoms with Gasteiger partial charge in [-0.25, -0.2) is 19.7 Å². The summed E-state index contributed by atoms with van der Waals surface area (Å²) in [5.41, 5.74) is 6.67. The van der Waals surface area contributed by atoms with E-state index in [1.165, 1.54) is 17.1 Å². The summed E-state index contributed by atoms with van der Waals surface area (Å²) >= 11 is 0. The van der Waals surface area contributed by atoms with Gasteiger partial charge in [-0.05, 0) is 24.5 Å². The van der Waals surface area contributed by atoms with Crippen molar-refractivity contribution in [2.24, 2.45) is 4.99 Å². The molecular weight excluding hydrogens is 484 g/mol. The number of nitrogens with two attached hydrogens (primary N) is 1. The van der Waals surface area contributed by atoms with E-state index in [0.29, 0.717) is 12.8 Å². The van der Waals surface area contributed by atoms with Crippen LogP contribution in [0, 0.1) is 0 Å². The van der Waals surface area contributed by atoms with Gasteiger partial charge < -0.3 is 35.6 Å². The normalized spacial score (nSPS) is 27.1. The van der Waals surface area contributed by atoms with Crippen LogP contribution in [0.25, 0.3) is 11.2 Å². The summed E-state index contributed by atoms with van der Waals surface area (Å²) in [5, 5.41) is 39.2. The Labute approximate surface area is 210 Å². The van der Waals surface area contributed by atoms with Crippen molar-refractivity contribution in [3.63, 3.8) is 0 Å². The summed E-state index contributed by atoms with van der Waals surface area (Å²) in [7, 11) is 0. The standard InChI is InChI=1S/C24H26N6O7/c25-20-17-21(30(12-26-17)22-19(35)18(34)15(10-31)37-22)29-23(28-20)24(7-6-13-4-2-1-3-5-13)8-14(9-27-24)36-11-16(32)33/h1-5,8-9,12,15,18-19,22,31,34-35H,6-7,10-11H2,(H,32,33)(H2,25,28,29)/t15-,18?,19?,22-,24?/m1/s1. The highest BCUT2D eigenvalue weighted by Gasteiger charge is 2.44. The zero-order valence-corrected chi connectivity index (χ0v) is 19.6. The number of aliphatic carboxylic acids is 1. The summed E-state index contributed by atoms with van der Waals surface area (Å²) in [6, 6.07) is 9.73. The van der Waals surface area contributed by atoms with Gasteiger partial charge in [-0.1, -0.05) is 30.3 Å². The number of carboxylic acids is 1. The number of aliphatic imine (C=N–C) groups is 1. The van der Waals surface area contributed by atoms with Crippen molar-refractivity contribution in [1.29, 1.82) is 0 Å². The van der Waals surface area contributed by atoms with E-state index in [1.54, 1.807) is 6.08 Å². The fourth-order valence-electron chi connectivity index (χ4n) is 4.49. The Morgan fingerprint density at radius 1 is 1.19 bits per heavy atom. The molecule has 1 saturated heterocycles. The molecule has 1 fully saturated rings. The maximum absolute atomic E-state index is 11.0. The number of aryl methyl sites for hydroxylation is 1. The molecule has 3 unspecified atom stereocenters. The molecule has 194 valence electrons. The first-order valence-electron chi connectivity index (χ1n) is 11.6. The quantitative estimate of drug-likeness (QED) is 0.258. The fraction of sp³-hybridized carbons (Fsp3) is 0.375. The van der Waals surface area contributed by atoms with Gasteiger partial charge in [-0.3, -0.25) is 9.56 Å². The van der Waals surface area contributed by atoms with Gasteiger partial charge in [0.2, 0.25) is 0 Å². The minimum atomic E-state index is -1.35. The molecule has 2 aromatic heterocycles. The minimum absolute atomic E-state index is 0.0630. The zero-order chi connectivity index (χ0) is 26.2. The number of aromatic nitrogens is 4. The van der Waals surface area contributed by atoms with E-state index in [1.807, 2.05) is 30.3 Å². The largest absolute Gasteiger partial charge is 0.481 e. The second-order valence-electron chi connectivity index (χ2n) is 8.88. The van der Waals surface area contributed by atoms with E-state index in [9.17, 15) is 20.1 Å². The summed E-state index contributed by atoms with van der Waals surface area (Å²) < 4.78 is 12.4. The average Bonchev–Trinajstić information content (AvgIpc) is 3.59. The number of fused-ring (bicyclic) bond motifs is 1. The van der Waals surface area contributed by atoms with Gasteiger partial charge in [0.15, 0.2) is 30.1 Å². The average molecular weight is 511 g/mol. The number of benzene rings is 1. The van der Waals surface area contributed by atoms with Crippen molar-refractivity contribution in [2.45, 2.75) is 42.9 Å². The third-order valence-electron chi connectivity index (χ3n) is 6.43. The van der Waals surface area contributed by atoms with Gasteiger partial charge in [0, 0.05) is 0 Å². The smallest absolute Gasteiger partial charge is 0.341 e. The van der Waals surface area contributed by atoms with Crippen LogP contribution in [-0.2, 0) is 26.2 Å². The van der Waals surface area contributed by atoms with Gasteiger partial charge in [-0.15, -0.1) is 0 Å². The van der Waals surface area contributed by atoms with Crippen LogP contribution in [-0.4, -0.2) is 83.7 Å². The Balaban J connectivity index is 1.56. The van der Waals surface area contributed by atoms with Crippen LogP contribution in [0.3, 0.4) is 0 Å². The number of anilines is 1. The SMILES string of the molecule is Nc1nc(C2(CCc3ccccc3)C=C(OCC(=O)O)C=N2)nc2c1ncn2[C@@H]1O[C@H](CO)C(O)C1O. The van der Waals surface area contributed by atoms with E-state index in [2.05, 4.69) is 15.0 Å². The summed E-state index contributed by atoms with van der Waals surface area (Å²) in [6.07, 6.45) is 0.762. The van der Waals surface area contributed by atoms with Crippen molar-refractivity contribution in [1.82, 2.24) is 19.5 Å². The van der Waals surface area contributed by atoms with E-state index >= 15 is 0 Å². The van der Waals surface area contributed by atoms with Crippen LogP contribution in [0.5, 0.6) is 0 Å². The molecule has 0 spiro atoms. The van der Waals surface area contributed by atoms with Crippen molar-refractivity contribution >= 4 is 29.2 Å². The molecule has 0 saturated carbocycles. The second-order valence-corrected chi connectivity index (χ2v) is 8.88. The number of allylic oxidation sites excluding steroid dienone is 1. The van der Waals surface area contributed by atoms with Crippen LogP contribution in [0.4, 0.5) is 5.82 Å². The molecule has 3 aromatic rings. The molecule has 2 aliphatic rings. The van der Waals surface area contributed by atoms with E-state index in [-0.39, 0.29) is 28.6 Å². The lowest BCUT2D eigenvalue weighted by molar-refractivity contribution is -0.140. The number of hydrogen-bond acceptors (Lipinski definition) is 11. The molecule has 1 aromatic carbocycles. The number of rotatable bonds is 9. The van der Waals surface area contributed by atoms with Crippen molar-refractivity contribution in [2.75, 3.05) is 18.9 Å². The highest BCUT2D eigenvalue weighted by Crippen LogP contribution is 2.38. The van der Waals surface area contributed by atoms with Gasteiger partial charge in [-0.2, -0.15) is 0 Å². The first kappa shape index (κ1) is 24.8. The highest BCUT2D eigenvalue weighted by atomic mass is 16.6. The Morgan fingerprint density at radius 2 is 1.97 bits per heavy atom. The Bertz CT molecular complexity index is 1360. The van der Waals surface area contributed by atoms with Crippen LogP contribution < -0.4 is 5.73 Å². The lowest BCUT2D eigenvalue weighted by Crippen LogP contribution is -2.33. The second kappa shape index (κ2) is 9.86. The minimum Gasteiger partial charge on any atom is -0.481 e. The number of nitrogen functional groups attached to an aromatic ring is 1. The number of ether oxygens (including phenoxy) is 2. The molecule has 13 nitrogen and oxygen atoms in total. The lowest BCUT2D eigenvalue weighted by atomic mass is 9.91. The molecule has 5 rings (SSSR count). The fourth-order valence-corrected chi connectivity index (χ4v) is 4.49. The van der Waals surface area contributed by atoms with Crippen molar-refractivity contribution in [3.8, 4) is 0 Å². The summed E-state index contributed by atoms with van der Waals surface area (Å²) in [4.78, 5) is 29.0. The molecule has 4 heterocycles. The molecule has 37 heavy (non-hydrogen) atoms. The maximum Gasteiger partial charge on any atom is 0.341 e. The van der Waals surface area contributed by atoms with Crippen LogP contribution in [0.15, 0.2) is 53.5 Å². The van der Waals surface area contributed by atoms with E-state index in [4.69, 9.17) is 25.3 Å². The van der Waals surface area contributed by atoms with Gasteiger partial charge in [0.1, 0.15) is 35.1 Å². The molecule has 13 heteroatoms. The number of imidazole rings is 1. The Hall–Kier alpha value is -3.91. The van der Waals surface area contributed by atoms with Crippen LogP contribution in [0.2, 0.25) is 0 Å². The Kier molecular flexibility index (Phi) is 6.60. The number of nitrogens with zero attached hydrogens (tertiary/aromatic N) is 5. The van der Waals surface area contributed by atoms with Gasteiger partial charge in [0.25, 0.3) is 0 Å². The molecule has 0 bridgehead atoms. The first-order chi connectivity index (χ1) is 17.8. The molecule has 5 atom stereocenters. The molecule has 2 aliphatic heterocycles. The lowest BCUT2D eigenvalue weighted by Gasteiger charge is -2.23. The zero-order valence-electron chi connectivity index (χ0n) is 19.6. The molecule has 0 amide bonds. The number of aliphatic hydroxyl groups is 3. The number of carbonyl (C=O) groups is 1. The topological polar surface area (TPSA) is 198 Å². The van der Waals surface area contributed by atoms with E-state index in [0.717, 1.165) is 5.56 Å². The van der Waals surface area contributed by atoms with Crippen molar-refractivity contribution in [3.05, 3.63) is 59.9 Å². The number of hydrogen-bond donors (Lipinski definition) is 5. The predicted molar refractivity (Wildman–Crippen MR) is 129 cm³/mol. The van der Waals surface area contributed by atoms with E-state index < -0.39 is 49.3 Å². The van der Waals surface area contributed by atoms with Gasteiger partial charge >= 0.3 is 5.97 Å². The molecule has 0 radical (unpaired) electrons. The maximum atomic E-state index is 11.0. The van der Waals surface area contributed by atoms with Crippen LogP contribution in [0.1, 0.15) is 24.0 Å². The first-order valence-corrected chi connectivity index (χ1v) is 11.6. The molecule has 6 N–H and O–H groups in total. The number of carboxylic acid groups (broad SMARTS) is 1. The molecule has 0 aliphatic carbocycles. The summed E-state index contributed by atoms with van der Waals surface area (Å²) in [5.74, 6) is -0.588. The predicted octanol–water partition coefficient (Wildman–Crippen LogP) is -0.0824. The highest BCUT2D eigenvalue weighted by molar-refractivity contribution is 5.83. The number of aliphatic hydroxyl groups excluding tert-OH is 3. The summed E-state index contributed by atoms with van der Waals surface area (Å²) in [6.45, 7) is -1.02. The third-order valence-corrected chi connectivity index (χ3v) is 6.43. The van der Waals surface area contributed by atoms with Gasteiger partial charge in [0.05, 0.1) is 19.1 Å². The third kappa shape index (κ3) is 4.64. The Morgan fingerprint density at radius 3 is 2.68 bits per heavy atom. The monoisotopic (exact) mass is 510 g/mol. The molecular formula is C24H26N6O7. The van der Waals surface area contributed by atoms with Crippen LogP contribution >= 0.6 is 0 Å².